The minimum absolute atomic E-state index is 0.856. The third kappa shape index (κ3) is 1.48. The van der Waals surface area contributed by atoms with Gasteiger partial charge in [-0.2, -0.15) is 0 Å². The summed E-state index contributed by atoms with van der Waals surface area (Å²) in [6.07, 6.45) is 1.95. The maximum absolute atomic E-state index is 11.0. The van der Waals surface area contributed by atoms with Gasteiger partial charge in [0.15, 0.2) is 6.29 Å². The summed E-state index contributed by atoms with van der Waals surface area (Å²) < 4.78 is 2.22. The molecule has 0 aliphatic rings. The van der Waals surface area contributed by atoms with Gasteiger partial charge in [0.2, 0.25) is 0 Å². The average molecular weight is 316 g/mol. The molecule has 1 aromatic carbocycles. The van der Waals surface area contributed by atoms with Crippen molar-refractivity contribution in [1.82, 2.24) is 0 Å². The number of carbonyl (C=O) groups excluding carboxylic acids is 1. The Labute approximate surface area is 100 Å². The first kappa shape index (κ1) is 10.1. The number of benzene rings is 1. The number of carbonyl (C=O) groups is 1. The zero-order valence-corrected chi connectivity index (χ0v) is 10.7. The Morgan fingerprint density at radius 2 is 2.36 bits per heavy atom. The molecule has 2 rings (SSSR count). The van der Waals surface area contributed by atoms with E-state index in [1.165, 1.54) is 10.9 Å². The van der Waals surface area contributed by atoms with Crippen molar-refractivity contribution < 1.29 is 4.79 Å². The SMILES string of the molecule is CCc1cc2ccsc2c(C=O)c1I. The Morgan fingerprint density at radius 1 is 1.57 bits per heavy atom. The molecule has 1 aromatic heterocycles. The van der Waals surface area contributed by atoms with E-state index >= 15 is 0 Å². The van der Waals surface area contributed by atoms with Gasteiger partial charge in [-0.15, -0.1) is 11.3 Å². The molecular formula is C11H9IOS. The van der Waals surface area contributed by atoms with Crippen molar-refractivity contribution in [1.29, 1.82) is 0 Å². The van der Waals surface area contributed by atoms with E-state index in [2.05, 4.69) is 41.6 Å². The smallest absolute Gasteiger partial charge is 0.152 e. The molecule has 0 unspecified atom stereocenters. The first-order valence-electron chi connectivity index (χ1n) is 4.41. The van der Waals surface area contributed by atoms with Crippen molar-refractivity contribution >= 4 is 50.3 Å². The Bertz CT molecular complexity index is 487. The second kappa shape index (κ2) is 3.98. The van der Waals surface area contributed by atoms with Crippen LogP contribution in [0.4, 0.5) is 0 Å². The van der Waals surface area contributed by atoms with Crippen LogP contribution < -0.4 is 0 Å². The normalized spacial score (nSPS) is 10.7. The molecule has 0 amide bonds. The van der Waals surface area contributed by atoms with Crippen LogP contribution in [0.25, 0.3) is 10.1 Å². The van der Waals surface area contributed by atoms with Gasteiger partial charge in [-0.3, -0.25) is 4.79 Å². The van der Waals surface area contributed by atoms with Gasteiger partial charge >= 0.3 is 0 Å². The van der Waals surface area contributed by atoms with E-state index in [0.717, 1.165) is 26.5 Å². The van der Waals surface area contributed by atoms with Crippen molar-refractivity contribution in [2.75, 3.05) is 0 Å². The van der Waals surface area contributed by atoms with Gasteiger partial charge < -0.3 is 0 Å². The Morgan fingerprint density at radius 3 is 3.00 bits per heavy atom. The lowest BCUT2D eigenvalue weighted by molar-refractivity contribution is 0.112. The first-order valence-corrected chi connectivity index (χ1v) is 6.37. The first-order chi connectivity index (χ1) is 6.77. The van der Waals surface area contributed by atoms with Crippen LogP contribution in [-0.2, 0) is 6.42 Å². The van der Waals surface area contributed by atoms with Crippen molar-refractivity contribution in [2.24, 2.45) is 0 Å². The molecule has 0 N–H and O–H groups in total. The molecule has 0 aliphatic carbocycles. The lowest BCUT2D eigenvalue weighted by Crippen LogP contribution is -1.93. The molecule has 1 heterocycles. The van der Waals surface area contributed by atoms with Crippen LogP contribution in [0, 0.1) is 3.57 Å². The van der Waals surface area contributed by atoms with Crippen molar-refractivity contribution in [3.63, 3.8) is 0 Å². The number of aryl methyl sites for hydroxylation is 1. The van der Waals surface area contributed by atoms with E-state index in [4.69, 9.17) is 0 Å². The summed E-state index contributed by atoms with van der Waals surface area (Å²) in [5, 5.41) is 3.22. The van der Waals surface area contributed by atoms with E-state index in [-0.39, 0.29) is 0 Å². The summed E-state index contributed by atoms with van der Waals surface area (Å²) in [5.41, 5.74) is 2.12. The number of fused-ring (bicyclic) bond motifs is 1. The summed E-state index contributed by atoms with van der Waals surface area (Å²) in [7, 11) is 0. The number of halogens is 1. The molecule has 14 heavy (non-hydrogen) atoms. The average Bonchev–Trinajstić information content (AvgIpc) is 2.64. The zero-order chi connectivity index (χ0) is 10.1. The van der Waals surface area contributed by atoms with Gasteiger partial charge in [-0.25, -0.2) is 0 Å². The number of aldehydes is 1. The molecule has 0 saturated heterocycles. The fraction of sp³-hybridized carbons (Fsp3) is 0.182. The van der Waals surface area contributed by atoms with Gasteiger partial charge in [0.05, 0.1) is 0 Å². The third-order valence-corrected chi connectivity index (χ3v) is 4.52. The van der Waals surface area contributed by atoms with E-state index in [9.17, 15) is 4.79 Å². The highest BCUT2D eigenvalue weighted by Crippen LogP contribution is 2.30. The number of hydrogen-bond donors (Lipinski definition) is 0. The monoisotopic (exact) mass is 316 g/mol. The van der Waals surface area contributed by atoms with Crippen LogP contribution in [-0.4, -0.2) is 6.29 Å². The maximum Gasteiger partial charge on any atom is 0.152 e. The maximum atomic E-state index is 11.0. The summed E-state index contributed by atoms with van der Waals surface area (Å²) in [6, 6.07) is 4.25. The molecule has 1 nitrogen and oxygen atoms in total. The number of rotatable bonds is 2. The molecule has 3 heteroatoms. The minimum Gasteiger partial charge on any atom is -0.298 e. The summed E-state index contributed by atoms with van der Waals surface area (Å²) in [4.78, 5) is 11.0. The molecule has 0 saturated carbocycles. The van der Waals surface area contributed by atoms with Gasteiger partial charge in [-0.05, 0) is 57.5 Å². The molecule has 0 bridgehead atoms. The van der Waals surface area contributed by atoms with E-state index in [0.29, 0.717) is 0 Å². The predicted octanol–water partition coefficient (Wildman–Crippen LogP) is 3.88. The standard InChI is InChI=1S/C11H9IOS/c1-2-7-5-8-3-4-14-11(8)9(6-13)10(7)12/h3-6H,2H2,1H3. The lowest BCUT2D eigenvalue weighted by atomic mass is 10.1. The largest absolute Gasteiger partial charge is 0.298 e. The van der Waals surface area contributed by atoms with E-state index in [1.54, 1.807) is 11.3 Å². The van der Waals surface area contributed by atoms with E-state index in [1.807, 2.05) is 5.38 Å². The Kier molecular flexibility index (Phi) is 2.88. The molecule has 0 radical (unpaired) electrons. The van der Waals surface area contributed by atoms with Crippen LogP contribution in [0.2, 0.25) is 0 Å². The predicted molar refractivity (Wildman–Crippen MR) is 69.3 cm³/mol. The van der Waals surface area contributed by atoms with Gasteiger partial charge in [0.1, 0.15) is 0 Å². The summed E-state index contributed by atoms with van der Waals surface area (Å²) in [5.74, 6) is 0. The molecular weight excluding hydrogens is 307 g/mol. The lowest BCUT2D eigenvalue weighted by Gasteiger charge is -2.05. The molecule has 0 fully saturated rings. The number of hydrogen-bond acceptors (Lipinski definition) is 2. The van der Waals surface area contributed by atoms with Crippen LogP contribution in [0.5, 0.6) is 0 Å². The summed E-state index contributed by atoms with van der Waals surface area (Å²) >= 11 is 3.90. The van der Waals surface area contributed by atoms with Gasteiger partial charge in [-0.1, -0.05) is 6.92 Å². The molecule has 0 aliphatic heterocycles. The fourth-order valence-corrected chi connectivity index (χ4v) is 3.55. The zero-order valence-electron chi connectivity index (χ0n) is 7.71. The van der Waals surface area contributed by atoms with Crippen LogP contribution >= 0.6 is 33.9 Å². The minimum atomic E-state index is 0.856. The van der Waals surface area contributed by atoms with Crippen LogP contribution in [0.1, 0.15) is 22.8 Å². The highest BCUT2D eigenvalue weighted by molar-refractivity contribution is 14.1. The highest BCUT2D eigenvalue weighted by Gasteiger charge is 2.10. The van der Waals surface area contributed by atoms with Crippen LogP contribution in [0.3, 0.4) is 0 Å². The topological polar surface area (TPSA) is 17.1 Å². The van der Waals surface area contributed by atoms with Gasteiger partial charge in [0, 0.05) is 13.8 Å². The molecule has 72 valence electrons. The molecule has 0 spiro atoms. The Hall–Kier alpha value is -0.420. The van der Waals surface area contributed by atoms with Crippen molar-refractivity contribution in [2.45, 2.75) is 13.3 Å². The summed E-state index contributed by atoms with van der Waals surface area (Å²) in [6.45, 7) is 2.12. The van der Waals surface area contributed by atoms with Crippen molar-refractivity contribution in [3.05, 3.63) is 32.2 Å². The molecule has 2 aromatic rings. The van der Waals surface area contributed by atoms with Crippen molar-refractivity contribution in [3.8, 4) is 0 Å². The Balaban J connectivity index is 2.87. The van der Waals surface area contributed by atoms with Gasteiger partial charge in [0.25, 0.3) is 0 Å². The number of thiophene rings is 1. The fourth-order valence-electron chi connectivity index (χ4n) is 1.54. The quantitative estimate of drug-likeness (QED) is 0.607. The highest BCUT2D eigenvalue weighted by atomic mass is 127. The second-order valence-corrected chi connectivity index (χ2v) is 5.07. The van der Waals surface area contributed by atoms with Crippen LogP contribution in [0.15, 0.2) is 17.5 Å². The third-order valence-electron chi connectivity index (χ3n) is 2.29. The van der Waals surface area contributed by atoms with E-state index < -0.39 is 0 Å². The second-order valence-electron chi connectivity index (χ2n) is 3.07. The molecule has 0 atom stereocenters.